The van der Waals surface area contributed by atoms with Crippen molar-refractivity contribution in [2.75, 3.05) is 11.4 Å². The minimum Gasteiger partial charge on any atom is -0.478 e. The average molecular weight is 338 g/mol. The highest BCUT2D eigenvalue weighted by atomic mass is 79.9. The number of hydrogen-bond acceptors (Lipinski definition) is 2. The molecule has 3 rings (SSSR count). The van der Waals surface area contributed by atoms with Crippen LogP contribution in [0.2, 0.25) is 0 Å². The highest BCUT2D eigenvalue weighted by molar-refractivity contribution is 9.10. The molecule has 3 nitrogen and oxygen atoms in total. The molecule has 1 saturated carbocycles. The zero-order valence-electron chi connectivity index (χ0n) is 11.5. The van der Waals surface area contributed by atoms with Crippen LogP contribution in [0.15, 0.2) is 22.7 Å². The van der Waals surface area contributed by atoms with E-state index in [2.05, 4.69) is 20.8 Å². The number of carboxylic acid groups (broad SMARTS) is 1. The standard InChI is InChI=1S/C16H20BrNO2/c17-12-7-8-13(16(19)20)15(10-12)18-9-3-5-11-4-1-2-6-14(11)18/h7-8,10-11,14H,1-6,9H2,(H,19,20)/t11-,14-/m1/s1. The molecule has 0 amide bonds. The van der Waals surface area contributed by atoms with E-state index in [4.69, 9.17) is 0 Å². The number of nitrogens with zero attached hydrogens (tertiary/aromatic N) is 1. The summed E-state index contributed by atoms with van der Waals surface area (Å²) in [6.07, 6.45) is 7.59. The first-order chi connectivity index (χ1) is 9.66. The number of carboxylic acids is 1. The molecule has 1 aliphatic heterocycles. The molecule has 0 unspecified atom stereocenters. The number of anilines is 1. The van der Waals surface area contributed by atoms with E-state index >= 15 is 0 Å². The first kappa shape index (κ1) is 13.9. The smallest absolute Gasteiger partial charge is 0.337 e. The highest BCUT2D eigenvalue weighted by Gasteiger charge is 2.34. The van der Waals surface area contributed by atoms with Crippen molar-refractivity contribution in [1.82, 2.24) is 0 Å². The van der Waals surface area contributed by atoms with Crippen molar-refractivity contribution in [3.8, 4) is 0 Å². The summed E-state index contributed by atoms with van der Waals surface area (Å²) < 4.78 is 0.954. The van der Waals surface area contributed by atoms with Gasteiger partial charge in [0.05, 0.1) is 11.3 Å². The maximum Gasteiger partial charge on any atom is 0.337 e. The van der Waals surface area contributed by atoms with Gasteiger partial charge in [0.1, 0.15) is 0 Å². The maximum absolute atomic E-state index is 11.5. The van der Waals surface area contributed by atoms with Gasteiger partial charge in [0.25, 0.3) is 0 Å². The topological polar surface area (TPSA) is 40.5 Å². The number of piperidine rings is 1. The van der Waals surface area contributed by atoms with Crippen molar-refractivity contribution in [2.45, 2.75) is 44.6 Å². The Bertz CT molecular complexity index is 515. The lowest BCUT2D eigenvalue weighted by Gasteiger charge is -2.45. The highest BCUT2D eigenvalue weighted by Crippen LogP contribution is 2.39. The molecule has 0 bridgehead atoms. The van der Waals surface area contributed by atoms with Crippen LogP contribution in [0, 0.1) is 5.92 Å². The van der Waals surface area contributed by atoms with Gasteiger partial charge in [-0.1, -0.05) is 28.8 Å². The van der Waals surface area contributed by atoms with Crippen LogP contribution in [-0.2, 0) is 0 Å². The van der Waals surface area contributed by atoms with Crippen LogP contribution in [0.3, 0.4) is 0 Å². The third-order valence-corrected chi connectivity index (χ3v) is 5.24. The molecule has 0 spiro atoms. The van der Waals surface area contributed by atoms with Gasteiger partial charge in [0.2, 0.25) is 0 Å². The average Bonchev–Trinajstić information content (AvgIpc) is 2.46. The summed E-state index contributed by atoms with van der Waals surface area (Å²) in [7, 11) is 0. The van der Waals surface area contributed by atoms with Gasteiger partial charge >= 0.3 is 5.97 Å². The molecule has 0 radical (unpaired) electrons. The van der Waals surface area contributed by atoms with E-state index in [9.17, 15) is 9.90 Å². The van der Waals surface area contributed by atoms with Crippen LogP contribution < -0.4 is 4.90 Å². The van der Waals surface area contributed by atoms with Gasteiger partial charge in [-0.2, -0.15) is 0 Å². The molecule has 108 valence electrons. The van der Waals surface area contributed by atoms with E-state index < -0.39 is 5.97 Å². The minimum absolute atomic E-state index is 0.430. The molecule has 1 aromatic carbocycles. The molecule has 2 atom stereocenters. The Kier molecular flexibility index (Phi) is 4.01. The van der Waals surface area contributed by atoms with Gasteiger partial charge in [0, 0.05) is 17.1 Å². The molecule has 20 heavy (non-hydrogen) atoms. The summed E-state index contributed by atoms with van der Waals surface area (Å²) in [6.45, 7) is 0.984. The first-order valence-corrected chi connectivity index (χ1v) is 8.25. The van der Waals surface area contributed by atoms with E-state index in [1.165, 1.54) is 38.5 Å². The molecule has 1 saturated heterocycles. The van der Waals surface area contributed by atoms with E-state index in [0.717, 1.165) is 22.6 Å². The molecular weight excluding hydrogens is 318 g/mol. The SMILES string of the molecule is O=C(O)c1ccc(Br)cc1N1CCC[C@H]2CCCC[C@H]21. The quantitative estimate of drug-likeness (QED) is 0.874. The van der Waals surface area contributed by atoms with E-state index in [1.807, 2.05) is 12.1 Å². The number of hydrogen-bond donors (Lipinski definition) is 1. The lowest BCUT2D eigenvalue weighted by atomic mass is 9.78. The van der Waals surface area contributed by atoms with Crippen molar-refractivity contribution in [1.29, 1.82) is 0 Å². The second kappa shape index (κ2) is 5.76. The number of benzene rings is 1. The zero-order valence-corrected chi connectivity index (χ0v) is 13.1. The predicted octanol–water partition coefficient (Wildman–Crippen LogP) is 4.31. The monoisotopic (exact) mass is 337 g/mol. The Hall–Kier alpha value is -1.03. The van der Waals surface area contributed by atoms with Crippen LogP contribution in [0.1, 0.15) is 48.9 Å². The van der Waals surface area contributed by atoms with Crippen molar-refractivity contribution in [2.24, 2.45) is 5.92 Å². The molecule has 2 fully saturated rings. The zero-order chi connectivity index (χ0) is 14.1. The van der Waals surface area contributed by atoms with Gasteiger partial charge in [-0.15, -0.1) is 0 Å². The number of fused-ring (bicyclic) bond motifs is 1. The molecular formula is C16H20BrNO2. The van der Waals surface area contributed by atoms with Crippen molar-refractivity contribution >= 4 is 27.6 Å². The third kappa shape index (κ3) is 2.58. The second-order valence-electron chi connectivity index (χ2n) is 5.91. The van der Waals surface area contributed by atoms with Crippen molar-refractivity contribution < 1.29 is 9.90 Å². The van der Waals surface area contributed by atoms with Gasteiger partial charge in [-0.25, -0.2) is 4.79 Å². The van der Waals surface area contributed by atoms with E-state index in [0.29, 0.717) is 11.6 Å². The third-order valence-electron chi connectivity index (χ3n) is 4.74. The largest absolute Gasteiger partial charge is 0.478 e. The minimum atomic E-state index is -0.828. The Morgan fingerprint density at radius 2 is 1.95 bits per heavy atom. The summed E-state index contributed by atoms with van der Waals surface area (Å²) in [5.74, 6) is -0.0800. The van der Waals surface area contributed by atoms with Crippen LogP contribution in [-0.4, -0.2) is 23.7 Å². The lowest BCUT2D eigenvalue weighted by molar-refractivity contribution is 0.0697. The summed E-state index contributed by atoms with van der Waals surface area (Å²) >= 11 is 3.48. The van der Waals surface area contributed by atoms with Gasteiger partial charge in [-0.05, 0) is 49.8 Å². The van der Waals surface area contributed by atoms with Crippen LogP contribution in [0.4, 0.5) is 5.69 Å². The Labute approximate surface area is 128 Å². The normalized spacial score (nSPS) is 26.1. The van der Waals surface area contributed by atoms with E-state index in [-0.39, 0.29) is 0 Å². The maximum atomic E-state index is 11.5. The summed E-state index contributed by atoms with van der Waals surface area (Å²) in [6, 6.07) is 6.04. The molecule has 2 aliphatic rings. The molecule has 1 aliphatic carbocycles. The predicted molar refractivity (Wildman–Crippen MR) is 83.4 cm³/mol. The Morgan fingerprint density at radius 3 is 2.75 bits per heavy atom. The number of aromatic carboxylic acids is 1. The van der Waals surface area contributed by atoms with E-state index in [1.54, 1.807) is 6.07 Å². The summed E-state index contributed by atoms with van der Waals surface area (Å²) in [5.41, 5.74) is 1.32. The Balaban J connectivity index is 1.98. The number of halogens is 1. The molecule has 1 N–H and O–H groups in total. The van der Waals surface area contributed by atoms with Crippen LogP contribution in [0.5, 0.6) is 0 Å². The van der Waals surface area contributed by atoms with Gasteiger partial charge in [-0.3, -0.25) is 0 Å². The Morgan fingerprint density at radius 1 is 1.20 bits per heavy atom. The number of rotatable bonds is 2. The molecule has 4 heteroatoms. The number of carbonyl (C=O) groups is 1. The summed E-state index contributed by atoms with van der Waals surface area (Å²) in [4.78, 5) is 13.9. The van der Waals surface area contributed by atoms with Crippen molar-refractivity contribution in [3.63, 3.8) is 0 Å². The van der Waals surface area contributed by atoms with Crippen LogP contribution in [0.25, 0.3) is 0 Å². The molecule has 1 aromatic rings. The molecule has 0 aromatic heterocycles. The lowest BCUT2D eigenvalue weighted by Crippen LogP contribution is -2.47. The fourth-order valence-electron chi connectivity index (χ4n) is 3.85. The fraction of sp³-hybridized carbons (Fsp3) is 0.562. The van der Waals surface area contributed by atoms with Crippen LogP contribution >= 0.6 is 15.9 Å². The van der Waals surface area contributed by atoms with Crippen molar-refractivity contribution in [3.05, 3.63) is 28.2 Å². The molecule has 1 heterocycles. The van der Waals surface area contributed by atoms with Gasteiger partial charge < -0.3 is 10.0 Å². The fourth-order valence-corrected chi connectivity index (χ4v) is 4.20. The second-order valence-corrected chi connectivity index (χ2v) is 6.83. The summed E-state index contributed by atoms with van der Waals surface area (Å²) in [5, 5.41) is 9.44. The van der Waals surface area contributed by atoms with Gasteiger partial charge in [0.15, 0.2) is 0 Å². The first-order valence-electron chi connectivity index (χ1n) is 7.46.